The Morgan fingerprint density at radius 2 is 1.69 bits per heavy atom. The van der Waals surface area contributed by atoms with Gasteiger partial charge >= 0.3 is 0 Å². The molecule has 0 heterocycles. The van der Waals surface area contributed by atoms with Crippen LogP contribution in [0.25, 0.3) is 12.7 Å². The Morgan fingerprint density at radius 3 is 2.15 bits per heavy atom. The molecule has 0 heteroatoms. The first kappa shape index (κ1) is 10.0. The fourth-order valence-corrected chi connectivity index (χ4v) is 1.69. The molecule has 0 unspecified atom stereocenters. The van der Waals surface area contributed by atoms with Crippen LogP contribution in [0, 0.1) is 0 Å². The third-order valence-corrected chi connectivity index (χ3v) is 2.53. The van der Waals surface area contributed by atoms with Gasteiger partial charge in [-0.1, -0.05) is 38.6 Å². The van der Waals surface area contributed by atoms with Crippen LogP contribution in [0.3, 0.4) is 0 Å². The van der Waals surface area contributed by atoms with Crippen molar-refractivity contribution < 1.29 is 0 Å². The Morgan fingerprint density at radius 1 is 1.15 bits per heavy atom. The monoisotopic (exact) mass is 174 g/mol. The largest absolute Gasteiger partial charge is 0.0912 e. The highest BCUT2D eigenvalue weighted by Gasteiger charge is 1.97. The Hall–Kier alpha value is -1.04. The van der Waals surface area contributed by atoms with Crippen molar-refractivity contribution in [1.82, 2.24) is 0 Å². The summed E-state index contributed by atoms with van der Waals surface area (Å²) in [6.45, 7) is 10.5. The van der Waals surface area contributed by atoms with Crippen LogP contribution < -0.4 is 10.4 Å². The van der Waals surface area contributed by atoms with E-state index < -0.39 is 0 Å². The molecule has 0 N–H and O–H groups in total. The fraction of sp³-hybridized carbons (Fsp3) is 0.385. The van der Waals surface area contributed by atoms with Crippen molar-refractivity contribution in [3.8, 4) is 0 Å². The summed E-state index contributed by atoms with van der Waals surface area (Å²) in [5.74, 6) is 0. The van der Waals surface area contributed by atoms with Gasteiger partial charge in [0, 0.05) is 0 Å². The van der Waals surface area contributed by atoms with Crippen molar-refractivity contribution in [2.75, 3.05) is 0 Å². The van der Waals surface area contributed by atoms with E-state index in [4.69, 9.17) is 0 Å². The number of aryl methyl sites for hydroxylation is 2. The maximum absolute atomic E-state index is 4.04. The molecule has 0 spiro atoms. The van der Waals surface area contributed by atoms with Gasteiger partial charge in [0.1, 0.15) is 0 Å². The van der Waals surface area contributed by atoms with Gasteiger partial charge in [0.25, 0.3) is 0 Å². The van der Waals surface area contributed by atoms with Crippen molar-refractivity contribution in [3.63, 3.8) is 0 Å². The van der Waals surface area contributed by atoms with Crippen LogP contribution in [-0.2, 0) is 12.8 Å². The lowest BCUT2D eigenvalue weighted by molar-refractivity contribution is 1.03. The molecule has 0 aliphatic heterocycles. The zero-order chi connectivity index (χ0) is 9.84. The van der Waals surface area contributed by atoms with Gasteiger partial charge in [-0.2, -0.15) is 0 Å². The van der Waals surface area contributed by atoms with Gasteiger partial charge in [-0.25, -0.2) is 0 Å². The summed E-state index contributed by atoms with van der Waals surface area (Å²) in [4.78, 5) is 0. The molecule has 0 aromatic heterocycles. The first-order valence-corrected chi connectivity index (χ1v) is 5.00. The molecule has 1 aromatic carbocycles. The highest BCUT2D eigenvalue weighted by Crippen LogP contribution is 2.05. The van der Waals surface area contributed by atoms with Gasteiger partial charge in [0.2, 0.25) is 0 Å². The van der Waals surface area contributed by atoms with Crippen LogP contribution in [0.15, 0.2) is 12.1 Å². The van der Waals surface area contributed by atoms with E-state index in [9.17, 15) is 0 Å². The van der Waals surface area contributed by atoms with Crippen molar-refractivity contribution in [2.45, 2.75) is 33.6 Å². The highest BCUT2D eigenvalue weighted by atomic mass is 14.0. The minimum Gasteiger partial charge on any atom is -0.0912 e. The minimum absolute atomic E-state index is 1.11. The van der Waals surface area contributed by atoms with E-state index in [0.29, 0.717) is 0 Å². The third-order valence-electron chi connectivity index (χ3n) is 2.53. The lowest BCUT2D eigenvalue weighted by atomic mass is 10.0. The van der Waals surface area contributed by atoms with Gasteiger partial charge < -0.3 is 0 Å². The maximum atomic E-state index is 4.04. The average Bonchev–Trinajstić information content (AvgIpc) is 2.17. The molecule has 13 heavy (non-hydrogen) atoms. The zero-order valence-corrected chi connectivity index (χ0v) is 8.85. The first-order valence-electron chi connectivity index (χ1n) is 5.00. The smallest absolute Gasteiger partial charge is 0.0230 e. The second-order valence-electron chi connectivity index (χ2n) is 3.32. The van der Waals surface area contributed by atoms with Crippen molar-refractivity contribution in [1.29, 1.82) is 0 Å². The molecule has 70 valence electrons. The van der Waals surface area contributed by atoms with Crippen LogP contribution in [0.1, 0.15) is 31.9 Å². The van der Waals surface area contributed by atoms with Crippen LogP contribution in [-0.4, -0.2) is 0 Å². The number of hydrogen-bond donors (Lipinski definition) is 0. The molecule has 1 aromatic rings. The predicted molar refractivity (Wildman–Crippen MR) is 60.1 cm³/mol. The molecule has 0 bridgehead atoms. The lowest BCUT2D eigenvalue weighted by Gasteiger charge is -2.05. The SMILES string of the molecule is C=c1cc(CC)c(CC)c/c1=C/C. The maximum Gasteiger partial charge on any atom is -0.0230 e. The van der Waals surface area contributed by atoms with E-state index in [0.717, 1.165) is 18.1 Å². The second-order valence-corrected chi connectivity index (χ2v) is 3.32. The Bertz CT molecular complexity index is 385. The molecule has 0 saturated carbocycles. The topological polar surface area (TPSA) is 0 Å². The highest BCUT2D eigenvalue weighted by molar-refractivity contribution is 5.34. The summed E-state index contributed by atoms with van der Waals surface area (Å²) in [5.41, 5.74) is 2.90. The van der Waals surface area contributed by atoms with Gasteiger partial charge in [-0.15, -0.1) is 0 Å². The Kier molecular flexibility index (Phi) is 3.30. The molecule has 0 aliphatic carbocycles. The molecular formula is C13H18. The molecule has 1 rings (SSSR count). The van der Waals surface area contributed by atoms with E-state index in [1.54, 1.807) is 0 Å². The van der Waals surface area contributed by atoms with Gasteiger partial charge in [-0.3, -0.25) is 0 Å². The van der Waals surface area contributed by atoms with E-state index in [-0.39, 0.29) is 0 Å². The standard InChI is InChI=1S/C13H18/c1-5-11-9-13(7-3)12(6-2)8-10(11)4/h5,8-9H,4,6-7H2,1-3H3/b11-5-. The summed E-state index contributed by atoms with van der Waals surface area (Å²) in [6.07, 6.45) is 4.35. The predicted octanol–water partition coefficient (Wildman–Crippen LogP) is 2.02. The number of rotatable bonds is 2. The molecule has 0 fully saturated rings. The molecule has 0 radical (unpaired) electrons. The van der Waals surface area contributed by atoms with E-state index in [2.05, 4.69) is 45.6 Å². The molecular weight excluding hydrogens is 156 g/mol. The number of hydrogen-bond acceptors (Lipinski definition) is 0. The van der Waals surface area contributed by atoms with Crippen LogP contribution in [0.4, 0.5) is 0 Å². The molecule has 0 nitrogen and oxygen atoms in total. The summed E-state index contributed by atoms with van der Waals surface area (Å²) < 4.78 is 0. The summed E-state index contributed by atoms with van der Waals surface area (Å²) >= 11 is 0. The normalized spacial score (nSPS) is 12.1. The van der Waals surface area contributed by atoms with Crippen molar-refractivity contribution in [3.05, 3.63) is 33.7 Å². The fourth-order valence-electron chi connectivity index (χ4n) is 1.69. The average molecular weight is 174 g/mol. The summed E-state index contributed by atoms with van der Waals surface area (Å²) in [7, 11) is 0. The molecule has 0 aliphatic rings. The summed E-state index contributed by atoms with van der Waals surface area (Å²) in [5, 5.41) is 2.42. The molecule has 0 amide bonds. The third kappa shape index (κ3) is 2.00. The minimum atomic E-state index is 1.11. The van der Waals surface area contributed by atoms with E-state index >= 15 is 0 Å². The lowest BCUT2D eigenvalue weighted by Crippen LogP contribution is -2.24. The van der Waals surface area contributed by atoms with E-state index in [1.165, 1.54) is 16.3 Å². The van der Waals surface area contributed by atoms with E-state index in [1.807, 2.05) is 0 Å². The molecule has 0 saturated heterocycles. The van der Waals surface area contributed by atoms with Crippen LogP contribution in [0.2, 0.25) is 0 Å². The van der Waals surface area contributed by atoms with Crippen molar-refractivity contribution in [2.24, 2.45) is 0 Å². The Balaban J connectivity index is 3.45. The van der Waals surface area contributed by atoms with Crippen LogP contribution in [0.5, 0.6) is 0 Å². The van der Waals surface area contributed by atoms with Gasteiger partial charge in [0.05, 0.1) is 0 Å². The zero-order valence-electron chi connectivity index (χ0n) is 8.85. The second kappa shape index (κ2) is 4.27. The van der Waals surface area contributed by atoms with Crippen LogP contribution >= 0.6 is 0 Å². The quantitative estimate of drug-likeness (QED) is 0.643. The molecule has 0 atom stereocenters. The van der Waals surface area contributed by atoms with Crippen molar-refractivity contribution >= 4 is 12.7 Å². The first-order chi connectivity index (χ1) is 6.22. The Labute approximate surface area is 80.6 Å². The van der Waals surface area contributed by atoms with Gasteiger partial charge in [0.15, 0.2) is 0 Å². The number of benzene rings is 1. The summed E-state index contributed by atoms with van der Waals surface area (Å²) in [6, 6.07) is 4.48. The van der Waals surface area contributed by atoms with Gasteiger partial charge in [-0.05, 0) is 41.3 Å².